The molecule has 2 aliphatic heterocycles. The highest BCUT2D eigenvalue weighted by Gasteiger charge is 2.54. The number of nitrogens with zero attached hydrogens (tertiary/aromatic N) is 1. The molecule has 0 unspecified atom stereocenters. The molecular formula is C26H28N2O4S. The average molecular weight is 465 g/mol. The number of benzene rings is 3. The van der Waals surface area contributed by atoms with E-state index >= 15 is 0 Å². The van der Waals surface area contributed by atoms with Crippen molar-refractivity contribution in [1.29, 1.82) is 0 Å². The van der Waals surface area contributed by atoms with Crippen molar-refractivity contribution in [1.82, 2.24) is 4.90 Å². The van der Waals surface area contributed by atoms with Crippen LogP contribution in [0, 0.1) is 0 Å². The second kappa shape index (κ2) is 8.01. The quantitative estimate of drug-likeness (QED) is 0.605. The Labute approximate surface area is 194 Å². The number of nitrogens with one attached hydrogen (secondary N) is 1. The van der Waals surface area contributed by atoms with Crippen LogP contribution in [0.2, 0.25) is 0 Å². The van der Waals surface area contributed by atoms with E-state index in [2.05, 4.69) is 9.62 Å². The summed E-state index contributed by atoms with van der Waals surface area (Å²) in [6, 6.07) is 18.5. The van der Waals surface area contributed by atoms with Crippen LogP contribution in [0.15, 0.2) is 65.6 Å². The second-order valence-electron chi connectivity index (χ2n) is 9.15. The summed E-state index contributed by atoms with van der Waals surface area (Å²) < 4.78 is 41.8. The summed E-state index contributed by atoms with van der Waals surface area (Å²) in [5, 5.41) is 1.81. The Bertz CT molecular complexity index is 1290. The predicted octanol–water partition coefficient (Wildman–Crippen LogP) is 4.72. The van der Waals surface area contributed by atoms with Gasteiger partial charge in [-0.2, -0.15) is 0 Å². The molecule has 6 rings (SSSR count). The Morgan fingerprint density at radius 2 is 1.67 bits per heavy atom. The first-order chi connectivity index (χ1) is 16.1. The average Bonchev–Trinajstić information content (AvgIpc) is 3.21. The van der Waals surface area contributed by atoms with Crippen molar-refractivity contribution in [2.24, 2.45) is 0 Å². The third-order valence-corrected chi connectivity index (χ3v) is 8.73. The first-order valence-corrected chi connectivity index (χ1v) is 13.2. The molecule has 0 amide bonds. The largest absolute Gasteiger partial charge is 0.471 e. The minimum atomic E-state index is -3.70. The lowest BCUT2D eigenvalue weighted by molar-refractivity contribution is -0.138. The number of sulfonamides is 1. The Hall–Kier alpha value is -2.61. The van der Waals surface area contributed by atoms with Crippen molar-refractivity contribution < 1.29 is 17.9 Å². The maximum Gasteiger partial charge on any atom is 0.261 e. The van der Waals surface area contributed by atoms with Gasteiger partial charge in [0.2, 0.25) is 0 Å². The van der Waals surface area contributed by atoms with Gasteiger partial charge < -0.3 is 9.47 Å². The number of rotatable bonds is 4. The highest BCUT2D eigenvalue weighted by Crippen LogP contribution is 2.57. The molecule has 3 aromatic carbocycles. The summed E-state index contributed by atoms with van der Waals surface area (Å²) in [6.45, 7) is 3.15. The molecule has 0 bridgehead atoms. The van der Waals surface area contributed by atoms with Gasteiger partial charge in [-0.25, -0.2) is 8.42 Å². The number of hydrogen-bond acceptors (Lipinski definition) is 5. The van der Waals surface area contributed by atoms with Gasteiger partial charge in [0.15, 0.2) is 5.72 Å². The fourth-order valence-corrected chi connectivity index (χ4v) is 6.93. The molecule has 0 radical (unpaired) electrons. The van der Waals surface area contributed by atoms with E-state index in [4.69, 9.17) is 9.47 Å². The standard InChI is InChI=1S/C26H28N2O4S/c29-33(30,19-8-2-1-3-9-19)27-24-18-22-23-12-6-7-13-26(23,28-14-16-31-17-15-28)32-25(22)21-11-5-4-10-20(21)24/h1-5,8-11,18,23,27H,6-7,12-17H2/t23-,26-/m1/s1. The zero-order chi connectivity index (χ0) is 22.5. The van der Waals surface area contributed by atoms with Gasteiger partial charge in [0.05, 0.1) is 23.8 Å². The molecule has 7 heteroatoms. The molecule has 2 fully saturated rings. The van der Waals surface area contributed by atoms with Gasteiger partial charge in [-0.15, -0.1) is 0 Å². The van der Waals surface area contributed by atoms with Crippen LogP contribution in [-0.4, -0.2) is 45.3 Å². The van der Waals surface area contributed by atoms with E-state index in [0.717, 1.165) is 74.1 Å². The Balaban J connectivity index is 1.48. The molecule has 1 aliphatic carbocycles. The lowest BCUT2D eigenvalue weighted by Gasteiger charge is -2.47. The Kier molecular flexibility index (Phi) is 5.09. The van der Waals surface area contributed by atoms with Crippen LogP contribution in [0.25, 0.3) is 10.8 Å². The summed E-state index contributed by atoms with van der Waals surface area (Å²) >= 11 is 0. The van der Waals surface area contributed by atoms with E-state index in [1.54, 1.807) is 24.3 Å². The van der Waals surface area contributed by atoms with Gasteiger partial charge >= 0.3 is 0 Å². The molecule has 1 N–H and O–H groups in total. The maximum absolute atomic E-state index is 13.2. The Morgan fingerprint density at radius 3 is 2.45 bits per heavy atom. The van der Waals surface area contributed by atoms with Crippen LogP contribution >= 0.6 is 0 Å². The summed E-state index contributed by atoms with van der Waals surface area (Å²) in [4.78, 5) is 2.72. The lowest BCUT2D eigenvalue weighted by atomic mass is 9.77. The molecule has 172 valence electrons. The summed E-state index contributed by atoms with van der Waals surface area (Å²) in [5.41, 5.74) is 1.36. The predicted molar refractivity (Wildman–Crippen MR) is 128 cm³/mol. The molecule has 0 aromatic heterocycles. The highest BCUT2D eigenvalue weighted by atomic mass is 32.2. The Morgan fingerprint density at radius 1 is 0.939 bits per heavy atom. The van der Waals surface area contributed by atoms with Crippen LogP contribution in [0.3, 0.4) is 0 Å². The zero-order valence-corrected chi connectivity index (χ0v) is 19.3. The molecular weight excluding hydrogens is 436 g/mol. The second-order valence-corrected chi connectivity index (χ2v) is 10.8. The summed E-state index contributed by atoms with van der Waals surface area (Å²) in [5.74, 6) is 1.12. The SMILES string of the molecule is O=S(=O)(Nc1cc2c(c3ccccc13)O[C@]1(N3CCOCC3)CCCC[C@H]21)c1ccccc1. The van der Waals surface area contributed by atoms with Crippen LogP contribution in [0.5, 0.6) is 5.75 Å². The van der Waals surface area contributed by atoms with Crippen molar-refractivity contribution in [2.45, 2.75) is 42.2 Å². The van der Waals surface area contributed by atoms with E-state index in [-0.39, 0.29) is 16.5 Å². The van der Waals surface area contributed by atoms with Gasteiger partial charge in [-0.1, -0.05) is 48.9 Å². The van der Waals surface area contributed by atoms with Crippen molar-refractivity contribution >= 4 is 26.5 Å². The minimum absolute atomic E-state index is 0.212. The van der Waals surface area contributed by atoms with Crippen molar-refractivity contribution in [3.63, 3.8) is 0 Å². The van der Waals surface area contributed by atoms with E-state index in [0.29, 0.717) is 5.69 Å². The van der Waals surface area contributed by atoms with Gasteiger partial charge in [-0.05, 0) is 31.0 Å². The highest BCUT2D eigenvalue weighted by molar-refractivity contribution is 7.92. The number of fused-ring (bicyclic) bond motifs is 5. The third kappa shape index (κ3) is 3.41. The zero-order valence-electron chi connectivity index (χ0n) is 18.5. The van der Waals surface area contributed by atoms with Crippen LogP contribution in [-0.2, 0) is 14.8 Å². The first-order valence-electron chi connectivity index (χ1n) is 11.7. The van der Waals surface area contributed by atoms with Crippen LogP contribution < -0.4 is 9.46 Å². The van der Waals surface area contributed by atoms with Crippen molar-refractivity contribution in [3.8, 4) is 5.75 Å². The van der Waals surface area contributed by atoms with Crippen molar-refractivity contribution in [3.05, 3.63) is 66.2 Å². The molecule has 3 aromatic rings. The summed E-state index contributed by atoms with van der Waals surface area (Å²) in [6.07, 6.45) is 4.30. The number of ether oxygens (including phenoxy) is 2. The van der Waals surface area contributed by atoms with E-state index in [1.165, 1.54) is 0 Å². The van der Waals surface area contributed by atoms with Gasteiger partial charge in [0.1, 0.15) is 5.75 Å². The number of morpholine rings is 1. The molecule has 2 atom stereocenters. The molecule has 6 nitrogen and oxygen atoms in total. The smallest absolute Gasteiger partial charge is 0.261 e. The lowest BCUT2D eigenvalue weighted by Crippen LogP contribution is -2.59. The van der Waals surface area contributed by atoms with Gasteiger partial charge in [-0.3, -0.25) is 9.62 Å². The topological polar surface area (TPSA) is 67.9 Å². The molecule has 33 heavy (non-hydrogen) atoms. The van der Waals surface area contributed by atoms with Gasteiger partial charge in [0, 0.05) is 41.8 Å². The maximum atomic E-state index is 13.2. The van der Waals surface area contributed by atoms with Crippen molar-refractivity contribution in [2.75, 3.05) is 31.0 Å². The first kappa shape index (κ1) is 21.0. The number of anilines is 1. The number of hydrogen-bond donors (Lipinski definition) is 1. The minimum Gasteiger partial charge on any atom is -0.471 e. The van der Waals surface area contributed by atoms with E-state index in [1.807, 2.05) is 36.4 Å². The monoisotopic (exact) mass is 464 g/mol. The third-order valence-electron chi connectivity index (χ3n) is 7.34. The summed E-state index contributed by atoms with van der Waals surface area (Å²) in [7, 11) is -3.70. The molecule has 1 saturated carbocycles. The molecule has 2 heterocycles. The van der Waals surface area contributed by atoms with E-state index < -0.39 is 10.0 Å². The van der Waals surface area contributed by atoms with Gasteiger partial charge in [0.25, 0.3) is 10.0 Å². The molecule has 0 spiro atoms. The van der Waals surface area contributed by atoms with Crippen LogP contribution in [0.4, 0.5) is 5.69 Å². The molecule has 3 aliphatic rings. The normalized spacial score (nSPS) is 25.3. The van der Waals surface area contributed by atoms with Crippen LogP contribution in [0.1, 0.15) is 37.2 Å². The molecule has 1 saturated heterocycles. The fourth-order valence-electron chi connectivity index (χ4n) is 5.84. The van der Waals surface area contributed by atoms with E-state index in [9.17, 15) is 8.42 Å². The fraction of sp³-hybridized carbons (Fsp3) is 0.385.